The van der Waals surface area contributed by atoms with Crippen LogP contribution < -0.4 is 16.6 Å². The fourth-order valence-electron chi connectivity index (χ4n) is 2.88. The van der Waals surface area contributed by atoms with E-state index in [9.17, 15) is 28.4 Å². The number of nitrogens with zero attached hydrogens (tertiary/aromatic N) is 3. The highest BCUT2D eigenvalue weighted by molar-refractivity contribution is 8.18. The van der Waals surface area contributed by atoms with Gasteiger partial charge in [-0.25, -0.2) is 9.18 Å². The van der Waals surface area contributed by atoms with Crippen molar-refractivity contribution in [2.24, 2.45) is 0 Å². The van der Waals surface area contributed by atoms with Crippen LogP contribution in [0.3, 0.4) is 0 Å². The number of hydrogen-bond donors (Lipinski definition) is 1. The Kier molecular flexibility index (Phi) is 6.85. The van der Waals surface area contributed by atoms with Gasteiger partial charge in [0, 0.05) is 37.5 Å². The van der Waals surface area contributed by atoms with Gasteiger partial charge >= 0.3 is 5.69 Å². The van der Waals surface area contributed by atoms with Gasteiger partial charge in [-0.05, 0) is 30.8 Å². The molecule has 0 bridgehead atoms. The zero-order chi connectivity index (χ0) is 22.5. The first-order valence-electron chi connectivity index (χ1n) is 9.38. The van der Waals surface area contributed by atoms with Crippen LogP contribution in [0.4, 0.5) is 9.18 Å². The summed E-state index contributed by atoms with van der Waals surface area (Å²) in [5.41, 5.74) is -1.02. The number of benzene rings is 1. The molecular formula is C20H19FN4O5S. The first-order valence-corrected chi connectivity index (χ1v) is 10.2. The van der Waals surface area contributed by atoms with Crippen LogP contribution in [-0.4, -0.2) is 44.2 Å². The Bertz CT molecular complexity index is 1190. The Morgan fingerprint density at radius 2 is 1.90 bits per heavy atom. The molecule has 1 fully saturated rings. The number of rotatable bonds is 7. The van der Waals surface area contributed by atoms with Crippen molar-refractivity contribution in [1.82, 2.24) is 19.4 Å². The summed E-state index contributed by atoms with van der Waals surface area (Å²) in [6.07, 6.45) is 2.66. The van der Waals surface area contributed by atoms with E-state index in [-0.39, 0.29) is 23.6 Å². The second-order valence-electron chi connectivity index (χ2n) is 6.51. The normalized spacial score (nSPS) is 15.0. The lowest BCUT2D eigenvalue weighted by Crippen LogP contribution is -2.44. The maximum absolute atomic E-state index is 13.8. The molecule has 1 aliphatic rings. The minimum atomic E-state index is -0.609. The summed E-state index contributed by atoms with van der Waals surface area (Å²) >= 11 is 0.684. The first kappa shape index (κ1) is 22.2. The van der Waals surface area contributed by atoms with E-state index >= 15 is 0 Å². The maximum atomic E-state index is 13.8. The summed E-state index contributed by atoms with van der Waals surface area (Å²) in [6.45, 7) is 1.43. The average Bonchev–Trinajstić information content (AvgIpc) is 3.00. The molecule has 0 saturated carbocycles. The molecule has 3 amide bonds. The minimum Gasteiger partial charge on any atom is -0.353 e. The summed E-state index contributed by atoms with van der Waals surface area (Å²) in [7, 11) is 0. The number of amides is 3. The second kappa shape index (κ2) is 9.56. The van der Waals surface area contributed by atoms with E-state index in [4.69, 9.17) is 0 Å². The quantitative estimate of drug-likeness (QED) is 0.636. The van der Waals surface area contributed by atoms with Crippen LogP contribution in [-0.2, 0) is 22.7 Å². The number of halogens is 1. The van der Waals surface area contributed by atoms with E-state index in [2.05, 4.69) is 5.32 Å². The van der Waals surface area contributed by atoms with Gasteiger partial charge in [-0.3, -0.25) is 28.6 Å². The number of thioether (sulfide) groups is 1. The zero-order valence-corrected chi connectivity index (χ0v) is 17.4. The average molecular weight is 446 g/mol. The zero-order valence-electron chi connectivity index (χ0n) is 16.5. The van der Waals surface area contributed by atoms with Crippen LogP contribution in [0.1, 0.15) is 12.5 Å². The second-order valence-corrected chi connectivity index (χ2v) is 7.51. The van der Waals surface area contributed by atoms with Crippen molar-refractivity contribution < 1.29 is 18.8 Å². The minimum absolute atomic E-state index is 0.0621. The Morgan fingerprint density at radius 3 is 2.61 bits per heavy atom. The predicted octanol–water partition coefficient (Wildman–Crippen LogP) is 1.02. The van der Waals surface area contributed by atoms with Gasteiger partial charge in [-0.15, -0.1) is 0 Å². The predicted molar refractivity (Wildman–Crippen MR) is 113 cm³/mol. The van der Waals surface area contributed by atoms with Gasteiger partial charge in [0.05, 0.1) is 4.91 Å². The molecule has 2 aromatic rings. The molecule has 1 N–H and O–H groups in total. The number of carbonyl (C=O) groups excluding carboxylic acids is 3. The summed E-state index contributed by atoms with van der Waals surface area (Å²) < 4.78 is 15.9. The van der Waals surface area contributed by atoms with Crippen LogP contribution >= 0.6 is 11.8 Å². The van der Waals surface area contributed by atoms with Crippen LogP contribution in [0.2, 0.25) is 0 Å². The van der Waals surface area contributed by atoms with Crippen molar-refractivity contribution in [1.29, 1.82) is 0 Å². The lowest BCUT2D eigenvalue weighted by Gasteiger charge is -2.13. The van der Waals surface area contributed by atoms with Gasteiger partial charge in [0.1, 0.15) is 12.4 Å². The molecule has 1 aliphatic heterocycles. The molecule has 0 atom stereocenters. The molecule has 162 valence electrons. The molecule has 3 rings (SSSR count). The monoisotopic (exact) mass is 446 g/mol. The molecule has 1 aromatic heterocycles. The van der Waals surface area contributed by atoms with Gasteiger partial charge < -0.3 is 9.88 Å². The van der Waals surface area contributed by atoms with Crippen molar-refractivity contribution in [3.8, 4) is 0 Å². The Hall–Kier alpha value is -3.47. The van der Waals surface area contributed by atoms with E-state index < -0.39 is 40.7 Å². The molecule has 2 heterocycles. The molecule has 31 heavy (non-hydrogen) atoms. The van der Waals surface area contributed by atoms with Gasteiger partial charge in [-0.2, -0.15) is 0 Å². The molecule has 0 unspecified atom stereocenters. The van der Waals surface area contributed by atoms with Crippen molar-refractivity contribution in [2.75, 3.05) is 13.1 Å². The van der Waals surface area contributed by atoms with Gasteiger partial charge in [0.15, 0.2) is 0 Å². The molecule has 1 saturated heterocycles. The Morgan fingerprint density at radius 1 is 1.16 bits per heavy atom. The van der Waals surface area contributed by atoms with E-state index in [1.165, 1.54) is 41.1 Å². The van der Waals surface area contributed by atoms with E-state index in [1.54, 1.807) is 13.0 Å². The highest BCUT2D eigenvalue weighted by atomic mass is 32.2. The number of nitrogens with one attached hydrogen (secondary N) is 1. The molecule has 0 aliphatic carbocycles. The van der Waals surface area contributed by atoms with Crippen molar-refractivity contribution >= 4 is 34.9 Å². The number of hydrogen-bond acceptors (Lipinski definition) is 6. The van der Waals surface area contributed by atoms with E-state index in [1.807, 2.05) is 0 Å². The molecular weight excluding hydrogens is 427 g/mol. The SMILES string of the molecule is CCn1ccc(=O)n(CC(=O)NCCN2C(=O)S/C(=C\c3ccccc3F)C2=O)c1=O. The first-order chi connectivity index (χ1) is 14.8. The lowest BCUT2D eigenvalue weighted by atomic mass is 10.2. The third kappa shape index (κ3) is 5.00. The number of imide groups is 1. The van der Waals surface area contributed by atoms with Crippen molar-refractivity contribution in [3.63, 3.8) is 0 Å². The standard InChI is InChI=1S/C20H19FN4O5S/c1-2-23-9-7-17(27)25(19(23)29)12-16(26)22-8-10-24-18(28)15(31-20(24)30)11-13-5-3-4-6-14(13)21/h3-7,9,11H,2,8,10,12H2,1H3,(H,22,26)/b15-11-. The Labute approximate surface area is 180 Å². The lowest BCUT2D eigenvalue weighted by molar-refractivity contribution is -0.124. The largest absolute Gasteiger partial charge is 0.353 e. The topological polar surface area (TPSA) is 110 Å². The molecule has 9 nitrogen and oxygen atoms in total. The highest BCUT2D eigenvalue weighted by Crippen LogP contribution is 2.32. The molecule has 1 aromatic carbocycles. The van der Waals surface area contributed by atoms with E-state index in [0.717, 1.165) is 9.47 Å². The van der Waals surface area contributed by atoms with Crippen molar-refractivity contribution in [3.05, 3.63) is 73.7 Å². The fraction of sp³-hybridized carbons (Fsp3) is 0.250. The third-order valence-corrected chi connectivity index (χ3v) is 5.41. The van der Waals surface area contributed by atoms with Crippen LogP contribution in [0.5, 0.6) is 0 Å². The number of aromatic nitrogens is 2. The fourth-order valence-corrected chi connectivity index (χ4v) is 3.73. The number of aryl methyl sites for hydroxylation is 1. The van der Waals surface area contributed by atoms with Gasteiger partial charge in [-0.1, -0.05) is 18.2 Å². The molecule has 0 spiro atoms. The van der Waals surface area contributed by atoms with E-state index in [0.29, 0.717) is 18.3 Å². The smallest absolute Gasteiger partial charge is 0.331 e. The summed E-state index contributed by atoms with van der Waals surface area (Å²) in [5.74, 6) is -1.71. The summed E-state index contributed by atoms with van der Waals surface area (Å²) in [6, 6.07) is 7.06. The third-order valence-electron chi connectivity index (χ3n) is 4.51. The molecule has 0 radical (unpaired) electrons. The van der Waals surface area contributed by atoms with Gasteiger partial charge in [0.2, 0.25) is 5.91 Å². The van der Waals surface area contributed by atoms with Crippen molar-refractivity contribution in [2.45, 2.75) is 20.0 Å². The van der Waals surface area contributed by atoms with Gasteiger partial charge in [0.25, 0.3) is 16.7 Å². The van der Waals surface area contributed by atoms with Crippen LogP contribution in [0.15, 0.2) is 51.0 Å². The Balaban J connectivity index is 1.60. The highest BCUT2D eigenvalue weighted by Gasteiger charge is 2.34. The summed E-state index contributed by atoms with van der Waals surface area (Å²) in [4.78, 5) is 61.7. The van der Waals surface area contributed by atoms with Crippen LogP contribution in [0.25, 0.3) is 6.08 Å². The molecule has 11 heteroatoms. The number of carbonyl (C=O) groups is 3. The van der Waals surface area contributed by atoms with Crippen LogP contribution in [0, 0.1) is 5.82 Å². The summed E-state index contributed by atoms with van der Waals surface area (Å²) in [5, 5.41) is 1.95. The maximum Gasteiger partial charge on any atom is 0.331 e.